The highest BCUT2D eigenvalue weighted by molar-refractivity contribution is 7.89. The normalized spacial score (nSPS) is 14.1. The molecule has 0 spiro atoms. The molecule has 0 fully saturated rings. The highest BCUT2D eigenvalue weighted by atomic mass is 32.2. The van der Waals surface area contributed by atoms with Gasteiger partial charge in [-0.3, -0.25) is 0 Å². The van der Waals surface area contributed by atoms with Crippen molar-refractivity contribution in [2.75, 3.05) is 0 Å². The topological polar surface area (TPSA) is 60.2 Å². The van der Waals surface area contributed by atoms with Crippen molar-refractivity contribution < 1.29 is 8.42 Å². The van der Waals surface area contributed by atoms with Crippen LogP contribution in [0.1, 0.15) is 37.1 Å². The fourth-order valence-electron chi connectivity index (χ4n) is 1.59. The molecule has 3 nitrogen and oxygen atoms in total. The number of hydrogen-bond donors (Lipinski definition) is 1. The molecule has 0 amide bonds. The molecular formula is C12H19NO2S. The highest BCUT2D eigenvalue weighted by Crippen LogP contribution is 2.20. The third-order valence-electron chi connectivity index (χ3n) is 2.59. The predicted octanol–water partition coefficient (Wildman–Crippen LogP) is 2.23. The van der Waals surface area contributed by atoms with Gasteiger partial charge in [-0.25, -0.2) is 13.6 Å². The third-order valence-corrected chi connectivity index (χ3v) is 3.84. The van der Waals surface area contributed by atoms with E-state index in [1.165, 1.54) is 5.56 Å². The molecule has 1 atom stereocenters. The Balaban J connectivity index is 2.87. The average molecular weight is 241 g/mol. The van der Waals surface area contributed by atoms with Crippen molar-refractivity contribution in [2.45, 2.75) is 32.4 Å². The lowest BCUT2D eigenvalue weighted by Crippen LogP contribution is -2.19. The molecule has 0 aliphatic carbocycles. The summed E-state index contributed by atoms with van der Waals surface area (Å²) < 4.78 is 22.3. The molecule has 0 heterocycles. The lowest BCUT2D eigenvalue weighted by Gasteiger charge is -2.11. The lowest BCUT2D eigenvalue weighted by atomic mass is 10.0. The highest BCUT2D eigenvalue weighted by Gasteiger charge is 2.17. The largest absolute Gasteiger partial charge is 0.228 e. The van der Waals surface area contributed by atoms with Crippen LogP contribution >= 0.6 is 0 Å². The van der Waals surface area contributed by atoms with E-state index >= 15 is 0 Å². The fraction of sp³-hybridized carbons (Fsp3) is 0.500. The van der Waals surface area contributed by atoms with Gasteiger partial charge in [0.2, 0.25) is 10.0 Å². The van der Waals surface area contributed by atoms with Crippen molar-refractivity contribution in [1.29, 1.82) is 0 Å². The van der Waals surface area contributed by atoms with Crippen molar-refractivity contribution in [3.63, 3.8) is 0 Å². The summed E-state index contributed by atoms with van der Waals surface area (Å²) in [5.74, 6) is 0.599. The molecule has 1 aromatic rings. The fourth-order valence-corrected chi connectivity index (χ4v) is 2.12. The van der Waals surface area contributed by atoms with Crippen LogP contribution in [0.25, 0.3) is 0 Å². The molecule has 1 rings (SSSR count). The lowest BCUT2D eigenvalue weighted by molar-refractivity contribution is 0.588. The summed E-state index contributed by atoms with van der Waals surface area (Å²) >= 11 is 0. The van der Waals surface area contributed by atoms with Gasteiger partial charge in [-0.05, 0) is 30.4 Å². The van der Waals surface area contributed by atoms with Crippen LogP contribution in [0.5, 0.6) is 0 Å². The van der Waals surface area contributed by atoms with Gasteiger partial charge in [0.1, 0.15) is 0 Å². The van der Waals surface area contributed by atoms with Crippen molar-refractivity contribution in [3.8, 4) is 0 Å². The number of sulfonamides is 1. The van der Waals surface area contributed by atoms with Gasteiger partial charge in [-0.1, -0.05) is 38.1 Å². The molecule has 0 bridgehead atoms. The summed E-state index contributed by atoms with van der Waals surface area (Å²) in [4.78, 5) is 0. The van der Waals surface area contributed by atoms with Gasteiger partial charge >= 0.3 is 0 Å². The summed E-state index contributed by atoms with van der Waals surface area (Å²) in [5, 5.41) is 4.46. The number of rotatable bonds is 4. The van der Waals surface area contributed by atoms with Gasteiger partial charge in [-0.2, -0.15) is 0 Å². The van der Waals surface area contributed by atoms with Crippen molar-refractivity contribution >= 4 is 10.0 Å². The van der Waals surface area contributed by atoms with Crippen LogP contribution in [0.4, 0.5) is 0 Å². The Bertz CT molecular complexity index is 435. The molecular weight excluding hydrogens is 222 g/mol. The second kappa shape index (κ2) is 4.97. The molecule has 0 saturated heterocycles. The van der Waals surface area contributed by atoms with E-state index in [4.69, 9.17) is 5.14 Å². The van der Waals surface area contributed by atoms with E-state index in [1.54, 1.807) is 6.92 Å². The Kier molecular flexibility index (Phi) is 4.10. The Morgan fingerprint density at radius 3 is 2.00 bits per heavy atom. The SMILES string of the molecule is CC(C)Cc1ccc([C@H](C)S(N)(=O)=O)cc1. The van der Waals surface area contributed by atoms with Crippen molar-refractivity contribution in [3.05, 3.63) is 35.4 Å². The maximum atomic E-state index is 11.2. The first kappa shape index (κ1) is 13.2. The van der Waals surface area contributed by atoms with E-state index in [2.05, 4.69) is 13.8 Å². The Morgan fingerprint density at radius 2 is 1.62 bits per heavy atom. The van der Waals surface area contributed by atoms with Crippen LogP contribution in [0.3, 0.4) is 0 Å². The molecule has 4 heteroatoms. The molecule has 90 valence electrons. The Labute approximate surface area is 97.7 Å². The zero-order valence-electron chi connectivity index (χ0n) is 9.97. The zero-order valence-corrected chi connectivity index (χ0v) is 10.8. The monoisotopic (exact) mass is 241 g/mol. The minimum absolute atomic E-state index is 0.599. The van der Waals surface area contributed by atoms with Crippen LogP contribution < -0.4 is 5.14 Å². The standard InChI is InChI=1S/C12H19NO2S/c1-9(2)8-11-4-6-12(7-5-11)10(3)16(13,14)15/h4-7,9-10H,8H2,1-3H3,(H2,13,14,15)/t10-/m0/s1. The first-order chi connectivity index (χ1) is 7.30. The maximum Gasteiger partial charge on any atom is 0.215 e. The number of primary sulfonamides is 1. The van der Waals surface area contributed by atoms with Crippen LogP contribution in [0, 0.1) is 5.92 Å². The van der Waals surface area contributed by atoms with Crippen LogP contribution in [-0.2, 0) is 16.4 Å². The van der Waals surface area contributed by atoms with E-state index < -0.39 is 15.3 Å². The first-order valence-corrected chi connectivity index (χ1v) is 7.02. The summed E-state index contributed by atoms with van der Waals surface area (Å²) in [7, 11) is -3.49. The maximum absolute atomic E-state index is 11.2. The van der Waals surface area contributed by atoms with E-state index in [9.17, 15) is 8.42 Å². The van der Waals surface area contributed by atoms with Gasteiger partial charge in [0.15, 0.2) is 0 Å². The molecule has 0 aliphatic heterocycles. The van der Waals surface area contributed by atoms with Gasteiger partial charge < -0.3 is 0 Å². The van der Waals surface area contributed by atoms with Crippen molar-refractivity contribution in [1.82, 2.24) is 0 Å². The summed E-state index contributed by atoms with van der Waals surface area (Å²) in [6.07, 6.45) is 1.00. The first-order valence-electron chi connectivity index (χ1n) is 5.41. The minimum atomic E-state index is -3.49. The molecule has 0 aromatic heterocycles. The van der Waals surface area contributed by atoms with Gasteiger partial charge in [-0.15, -0.1) is 0 Å². The summed E-state index contributed by atoms with van der Waals surface area (Å²) in [6, 6.07) is 7.62. The predicted molar refractivity (Wildman–Crippen MR) is 66.5 cm³/mol. The van der Waals surface area contributed by atoms with E-state index in [1.807, 2.05) is 24.3 Å². The molecule has 2 N–H and O–H groups in total. The van der Waals surface area contributed by atoms with Crippen LogP contribution in [0.15, 0.2) is 24.3 Å². The quantitative estimate of drug-likeness (QED) is 0.878. The average Bonchev–Trinajstić information content (AvgIpc) is 2.15. The van der Waals surface area contributed by atoms with Crippen LogP contribution in [0.2, 0.25) is 0 Å². The molecule has 0 saturated carbocycles. The van der Waals surface area contributed by atoms with Gasteiger partial charge in [0.25, 0.3) is 0 Å². The van der Waals surface area contributed by atoms with E-state index in [-0.39, 0.29) is 0 Å². The molecule has 16 heavy (non-hydrogen) atoms. The number of benzene rings is 1. The number of nitrogens with two attached hydrogens (primary N) is 1. The second-order valence-corrected chi connectivity index (χ2v) is 6.46. The smallest absolute Gasteiger partial charge is 0.215 e. The van der Waals surface area contributed by atoms with E-state index in [0.717, 1.165) is 12.0 Å². The minimum Gasteiger partial charge on any atom is -0.228 e. The van der Waals surface area contributed by atoms with E-state index in [0.29, 0.717) is 5.92 Å². The Hall–Kier alpha value is -0.870. The van der Waals surface area contributed by atoms with Crippen LogP contribution in [-0.4, -0.2) is 8.42 Å². The molecule has 1 aromatic carbocycles. The van der Waals surface area contributed by atoms with Crippen molar-refractivity contribution in [2.24, 2.45) is 11.1 Å². The zero-order chi connectivity index (χ0) is 12.3. The number of hydrogen-bond acceptors (Lipinski definition) is 2. The second-order valence-electron chi connectivity index (χ2n) is 4.57. The third kappa shape index (κ3) is 3.61. The molecule has 0 unspecified atom stereocenters. The summed E-state index contributed by atoms with van der Waals surface area (Å²) in [6.45, 7) is 5.91. The molecule has 0 radical (unpaired) electrons. The van der Waals surface area contributed by atoms with Gasteiger partial charge in [0.05, 0.1) is 5.25 Å². The molecule has 0 aliphatic rings. The Morgan fingerprint density at radius 1 is 1.12 bits per heavy atom. The summed E-state index contributed by atoms with van der Waals surface area (Å²) in [5.41, 5.74) is 1.97. The van der Waals surface area contributed by atoms with Gasteiger partial charge in [0, 0.05) is 0 Å².